The average Bonchev–Trinajstić information content (AvgIpc) is 2.78. The van der Waals surface area contributed by atoms with Crippen LogP contribution in [-0.2, 0) is 6.61 Å². The molecular formula is C12H15N3O2. The molecule has 0 saturated carbocycles. The van der Waals surface area contributed by atoms with Crippen molar-refractivity contribution in [1.29, 1.82) is 0 Å². The van der Waals surface area contributed by atoms with E-state index in [1.165, 1.54) is 0 Å². The number of rotatable bonds is 4. The Hall–Kier alpha value is -1.88. The van der Waals surface area contributed by atoms with Crippen LogP contribution in [0.25, 0.3) is 5.69 Å². The summed E-state index contributed by atoms with van der Waals surface area (Å²) in [6.07, 6.45) is 1.85. The molecule has 5 nitrogen and oxygen atoms in total. The van der Waals surface area contributed by atoms with E-state index >= 15 is 0 Å². The first-order chi connectivity index (χ1) is 8.19. The lowest BCUT2D eigenvalue weighted by atomic mass is 10.3. The number of aliphatic hydroxyl groups is 1. The van der Waals surface area contributed by atoms with Crippen LogP contribution in [0.3, 0.4) is 0 Å². The van der Waals surface area contributed by atoms with Gasteiger partial charge in [0.1, 0.15) is 11.4 Å². The molecule has 0 spiro atoms. The molecule has 0 aliphatic carbocycles. The fraction of sp³-hybridized carbons (Fsp3) is 0.333. The standard InChI is InChI=1S/C12H15N3O2/c1-9(2)17-12-5-3-11(4-6-12)15-7-10(8-16)13-14-15/h3-7,9,16H,8H2,1-2H3. The van der Waals surface area contributed by atoms with Gasteiger partial charge < -0.3 is 9.84 Å². The zero-order valence-electron chi connectivity index (χ0n) is 9.87. The van der Waals surface area contributed by atoms with Gasteiger partial charge in [-0.05, 0) is 38.1 Å². The molecule has 0 saturated heterocycles. The molecule has 0 aliphatic rings. The maximum Gasteiger partial charge on any atom is 0.119 e. The lowest BCUT2D eigenvalue weighted by Gasteiger charge is -2.09. The first kappa shape index (κ1) is 11.6. The molecule has 0 radical (unpaired) electrons. The van der Waals surface area contributed by atoms with Gasteiger partial charge in [-0.15, -0.1) is 5.10 Å². The third-order valence-corrected chi connectivity index (χ3v) is 2.18. The minimum atomic E-state index is -0.103. The molecule has 0 bridgehead atoms. The van der Waals surface area contributed by atoms with E-state index in [-0.39, 0.29) is 12.7 Å². The van der Waals surface area contributed by atoms with Crippen molar-refractivity contribution in [3.05, 3.63) is 36.2 Å². The Bertz CT molecular complexity index is 477. The summed E-state index contributed by atoms with van der Waals surface area (Å²) in [7, 11) is 0. The van der Waals surface area contributed by atoms with Crippen molar-refractivity contribution in [3.8, 4) is 11.4 Å². The molecule has 1 aromatic carbocycles. The van der Waals surface area contributed by atoms with E-state index in [4.69, 9.17) is 9.84 Å². The van der Waals surface area contributed by atoms with E-state index < -0.39 is 0 Å². The second kappa shape index (κ2) is 4.97. The van der Waals surface area contributed by atoms with Crippen LogP contribution in [0.15, 0.2) is 30.5 Å². The molecule has 0 unspecified atom stereocenters. The number of nitrogens with zero attached hydrogens (tertiary/aromatic N) is 3. The zero-order chi connectivity index (χ0) is 12.3. The molecular weight excluding hydrogens is 218 g/mol. The van der Waals surface area contributed by atoms with Crippen LogP contribution in [0.5, 0.6) is 5.75 Å². The highest BCUT2D eigenvalue weighted by Gasteiger charge is 2.02. The molecule has 0 fully saturated rings. The number of hydrogen-bond acceptors (Lipinski definition) is 4. The third-order valence-electron chi connectivity index (χ3n) is 2.18. The summed E-state index contributed by atoms with van der Waals surface area (Å²) in [6.45, 7) is 3.87. The van der Waals surface area contributed by atoms with E-state index in [2.05, 4.69) is 10.3 Å². The summed E-state index contributed by atoms with van der Waals surface area (Å²) >= 11 is 0. The maximum absolute atomic E-state index is 8.91. The predicted octanol–water partition coefficient (Wildman–Crippen LogP) is 1.55. The van der Waals surface area contributed by atoms with Gasteiger partial charge in [-0.25, -0.2) is 4.68 Å². The molecule has 1 heterocycles. The smallest absolute Gasteiger partial charge is 0.119 e. The predicted molar refractivity (Wildman–Crippen MR) is 63.0 cm³/mol. The van der Waals surface area contributed by atoms with Crippen LogP contribution in [0, 0.1) is 0 Å². The fourth-order valence-corrected chi connectivity index (χ4v) is 1.45. The lowest BCUT2D eigenvalue weighted by molar-refractivity contribution is 0.242. The van der Waals surface area contributed by atoms with E-state index in [9.17, 15) is 0 Å². The van der Waals surface area contributed by atoms with Gasteiger partial charge in [-0.3, -0.25) is 0 Å². The molecule has 2 aromatic rings. The van der Waals surface area contributed by atoms with Crippen LogP contribution in [0.4, 0.5) is 0 Å². The SMILES string of the molecule is CC(C)Oc1ccc(-n2cc(CO)nn2)cc1. The highest BCUT2D eigenvalue weighted by Crippen LogP contribution is 2.16. The number of hydrogen-bond donors (Lipinski definition) is 1. The van der Waals surface area contributed by atoms with E-state index in [1.54, 1.807) is 10.9 Å². The quantitative estimate of drug-likeness (QED) is 0.870. The first-order valence-corrected chi connectivity index (χ1v) is 5.48. The van der Waals surface area contributed by atoms with E-state index in [1.807, 2.05) is 38.1 Å². The zero-order valence-corrected chi connectivity index (χ0v) is 9.87. The minimum Gasteiger partial charge on any atom is -0.491 e. The topological polar surface area (TPSA) is 60.2 Å². The molecule has 1 N–H and O–H groups in total. The molecule has 2 rings (SSSR count). The summed E-state index contributed by atoms with van der Waals surface area (Å²) in [4.78, 5) is 0. The van der Waals surface area contributed by atoms with Crippen molar-refractivity contribution in [2.24, 2.45) is 0 Å². The Morgan fingerprint density at radius 2 is 2.00 bits per heavy atom. The second-order valence-electron chi connectivity index (χ2n) is 3.97. The van der Waals surface area contributed by atoms with Gasteiger partial charge in [-0.2, -0.15) is 0 Å². The Kier molecular flexibility index (Phi) is 3.39. The monoisotopic (exact) mass is 233 g/mol. The normalized spacial score (nSPS) is 10.8. The van der Waals surface area contributed by atoms with Crippen molar-refractivity contribution < 1.29 is 9.84 Å². The number of aromatic nitrogens is 3. The summed E-state index contributed by atoms with van der Waals surface area (Å²) in [6, 6.07) is 7.56. The van der Waals surface area contributed by atoms with Gasteiger partial charge in [0, 0.05) is 0 Å². The highest BCUT2D eigenvalue weighted by atomic mass is 16.5. The van der Waals surface area contributed by atoms with Crippen LogP contribution < -0.4 is 4.74 Å². The van der Waals surface area contributed by atoms with E-state index in [0.717, 1.165) is 11.4 Å². The summed E-state index contributed by atoms with van der Waals surface area (Å²) in [5, 5.41) is 16.6. The first-order valence-electron chi connectivity index (χ1n) is 5.48. The minimum absolute atomic E-state index is 0.103. The van der Waals surface area contributed by atoms with Crippen LogP contribution >= 0.6 is 0 Å². The van der Waals surface area contributed by atoms with Gasteiger partial charge in [-0.1, -0.05) is 5.21 Å². The van der Waals surface area contributed by atoms with Crippen LogP contribution in [0.2, 0.25) is 0 Å². The Morgan fingerprint density at radius 3 is 2.53 bits per heavy atom. The lowest BCUT2D eigenvalue weighted by Crippen LogP contribution is -2.05. The molecule has 0 aliphatic heterocycles. The Labute approximate surface area is 99.7 Å². The maximum atomic E-state index is 8.91. The Morgan fingerprint density at radius 1 is 1.29 bits per heavy atom. The molecule has 0 amide bonds. The summed E-state index contributed by atoms with van der Waals surface area (Å²) in [5.41, 5.74) is 1.43. The van der Waals surface area contributed by atoms with Gasteiger partial charge in [0.2, 0.25) is 0 Å². The van der Waals surface area contributed by atoms with Gasteiger partial charge >= 0.3 is 0 Å². The van der Waals surface area contributed by atoms with E-state index in [0.29, 0.717) is 5.69 Å². The van der Waals surface area contributed by atoms with Crippen molar-refractivity contribution in [2.45, 2.75) is 26.6 Å². The van der Waals surface area contributed by atoms with Gasteiger partial charge in [0.25, 0.3) is 0 Å². The van der Waals surface area contributed by atoms with Crippen molar-refractivity contribution in [3.63, 3.8) is 0 Å². The van der Waals surface area contributed by atoms with Gasteiger partial charge in [0.15, 0.2) is 0 Å². The molecule has 0 atom stereocenters. The second-order valence-corrected chi connectivity index (χ2v) is 3.97. The number of aliphatic hydroxyl groups excluding tert-OH is 1. The van der Waals surface area contributed by atoms with Crippen LogP contribution in [0.1, 0.15) is 19.5 Å². The summed E-state index contributed by atoms with van der Waals surface area (Å²) < 4.78 is 7.16. The summed E-state index contributed by atoms with van der Waals surface area (Å²) in [5.74, 6) is 0.825. The molecule has 1 aromatic heterocycles. The number of benzene rings is 1. The molecule has 90 valence electrons. The van der Waals surface area contributed by atoms with Crippen molar-refractivity contribution >= 4 is 0 Å². The third kappa shape index (κ3) is 2.82. The van der Waals surface area contributed by atoms with Crippen LogP contribution in [-0.4, -0.2) is 26.2 Å². The van der Waals surface area contributed by atoms with Crippen molar-refractivity contribution in [2.75, 3.05) is 0 Å². The highest BCUT2D eigenvalue weighted by molar-refractivity contribution is 5.36. The fourth-order valence-electron chi connectivity index (χ4n) is 1.45. The van der Waals surface area contributed by atoms with Crippen molar-refractivity contribution in [1.82, 2.24) is 15.0 Å². The molecule has 17 heavy (non-hydrogen) atoms. The largest absolute Gasteiger partial charge is 0.491 e. The Balaban J connectivity index is 2.17. The molecule has 5 heteroatoms. The average molecular weight is 233 g/mol. The number of ether oxygens (including phenoxy) is 1. The van der Waals surface area contributed by atoms with Gasteiger partial charge in [0.05, 0.1) is 24.6 Å².